The Kier molecular flexibility index (Phi) is 76.7. The van der Waals surface area contributed by atoms with E-state index in [-0.39, 0.29) is 25.7 Å². The number of ether oxygens (including phenoxy) is 4. The molecule has 0 heterocycles. The molecule has 0 rings (SSSR count). The summed E-state index contributed by atoms with van der Waals surface area (Å²) in [5, 5.41) is 10.7. The monoisotopic (exact) mass is 1560 g/mol. The number of aliphatic hydroxyl groups excluding tert-OH is 1. The number of esters is 4. The zero-order valence-corrected chi connectivity index (χ0v) is 69.8. The molecular weight excluding hydrogens is 1400 g/mol. The number of phosphoric acid groups is 2. The Bertz CT molecular complexity index is 2560. The van der Waals surface area contributed by atoms with Crippen molar-refractivity contribution in [2.24, 2.45) is 0 Å². The van der Waals surface area contributed by atoms with Gasteiger partial charge < -0.3 is 33.8 Å². The van der Waals surface area contributed by atoms with Crippen molar-refractivity contribution in [2.75, 3.05) is 39.6 Å². The van der Waals surface area contributed by atoms with Crippen LogP contribution in [0, 0.1) is 0 Å². The van der Waals surface area contributed by atoms with E-state index in [1.54, 1.807) is 0 Å². The summed E-state index contributed by atoms with van der Waals surface area (Å²) in [6.45, 7) is 4.60. The molecule has 108 heavy (non-hydrogen) atoms. The number of allylic oxidation sites excluding steroid dienone is 22. The lowest BCUT2D eigenvalue weighted by Crippen LogP contribution is -2.30. The van der Waals surface area contributed by atoms with Crippen molar-refractivity contribution in [2.45, 2.75) is 367 Å². The Morgan fingerprint density at radius 3 is 0.769 bits per heavy atom. The fraction of sp³-hybridized carbons (Fsp3) is 0.708. The van der Waals surface area contributed by atoms with Crippen molar-refractivity contribution in [1.82, 2.24) is 0 Å². The van der Waals surface area contributed by atoms with Crippen LogP contribution in [0.5, 0.6) is 0 Å². The molecule has 0 spiro atoms. The highest BCUT2D eigenvalue weighted by Crippen LogP contribution is 2.45. The van der Waals surface area contributed by atoms with Crippen molar-refractivity contribution in [1.29, 1.82) is 0 Å². The lowest BCUT2D eigenvalue weighted by atomic mass is 10.0. The van der Waals surface area contributed by atoms with Crippen LogP contribution in [0.25, 0.3) is 0 Å². The van der Waals surface area contributed by atoms with Gasteiger partial charge in [0.05, 0.1) is 26.4 Å². The first-order valence-electron chi connectivity index (χ1n) is 42.4. The third-order valence-corrected chi connectivity index (χ3v) is 19.5. The minimum Gasteiger partial charge on any atom is -0.462 e. The number of carbonyl (C=O) groups excluding carboxylic acids is 4. The molecule has 19 heteroatoms. The molecule has 17 nitrogen and oxygen atoms in total. The molecule has 0 saturated carbocycles. The van der Waals surface area contributed by atoms with Gasteiger partial charge in [0.15, 0.2) is 12.2 Å². The SMILES string of the molecule is CC/C=C\C/C=C\C/C=C\C/C=C\C/C=C\CCCCCC(=O)OCC(COP(=O)(O)OCC(O)COP(=O)(O)OCC(COC(=O)CCCCCCCC/C=C\C/C=C\C/C=C\CCCCC)OC(=O)CCCCCCC/C=C\C/C=C\C/C=C\CC)OC(=O)CCCCCCCCCCCCCCCCC. The zero-order chi connectivity index (χ0) is 78.9. The lowest BCUT2D eigenvalue weighted by molar-refractivity contribution is -0.161. The highest BCUT2D eigenvalue weighted by Gasteiger charge is 2.30. The molecule has 0 aromatic carbocycles. The summed E-state index contributed by atoms with van der Waals surface area (Å²) in [6, 6.07) is 0. The van der Waals surface area contributed by atoms with E-state index in [4.69, 9.17) is 37.0 Å². The van der Waals surface area contributed by atoms with Crippen LogP contribution in [0.15, 0.2) is 134 Å². The third kappa shape index (κ3) is 79.3. The fourth-order valence-corrected chi connectivity index (χ4v) is 12.8. The molecule has 0 amide bonds. The predicted molar refractivity (Wildman–Crippen MR) is 445 cm³/mol. The average Bonchev–Trinajstić information content (AvgIpc) is 0.923. The Labute approximate surface area is 656 Å². The van der Waals surface area contributed by atoms with E-state index in [1.165, 1.54) is 83.5 Å². The molecule has 0 aliphatic heterocycles. The average molecular weight is 1560 g/mol. The van der Waals surface area contributed by atoms with Gasteiger partial charge in [0, 0.05) is 25.7 Å². The van der Waals surface area contributed by atoms with Gasteiger partial charge in [-0.25, -0.2) is 9.13 Å². The molecule has 0 saturated heterocycles. The topological polar surface area (TPSA) is 237 Å². The molecule has 5 atom stereocenters. The fourth-order valence-electron chi connectivity index (χ4n) is 11.2. The Hall–Kier alpha value is -4.80. The Balaban J connectivity index is 5.41. The molecule has 0 bridgehead atoms. The van der Waals surface area contributed by atoms with Crippen molar-refractivity contribution in [3.8, 4) is 0 Å². The van der Waals surface area contributed by atoms with Crippen molar-refractivity contribution in [3.63, 3.8) is 0 Å². The minimum absolute atomic E-state index is 0.0696. The van der Waals surface area contributed by atoms with Gasteiger partial charge in [-0.05, 0) is 141 Å². The smallest absolute Gasteiger partial charge is 0.462 e. The van der Waals surface area contributed by atoms with Gasteiger partial charge in [-0.1, -0.05) is 315 Å². The molecular formula is C89H152O17P2. The maximum atomic E-state index is 13.1. The van der Waals surface area contributed by atoms with E-state index in [1.807, 2.05) is 0 Å². The summed E-state index contributed by atoms with van der Waals surface area (Å²) in [5.74, 6) is -2.23. The predicted octanol–water partition coefficient (Wildman–Crippen LogP) is 25.2. The maximum Gasteiger partial charge on any atom is 0.472 e. The summed E-state index contributed by atoms with van der Waals surface area (Å²) in [7, 11) is -9.98. The van der Waals surface area contributed by atoms with E-state index in [2.05, 4.69) is 161 Å². The summed E-state index contributed by atoms with van der Waals surface area (Å²) >= 11 is 0. The number of hydrogen-bond donors (Lipinski definition) is 3. The summed E-state index contributed by atoms with van der Waals surface area (Å²) in [4.78, 5) is 73.2. The number of aliphatic hydroxyl groups is 1. The van der Waals surface area contributed by atoms with Gasteiger partial charge in [-0.15, -0.1) is 0 Å². The second kappa shape index (κ2) is 80.3. The molecule has 0 aliphatic carbocycles. The van der Waals surface area contributed by atoms with Gasteiger partial charge in [0.25, 0.3) is 0 Å². The van der Waals surface area contributed by atoms with Crippen LogP contribution in [0.2, 0.25) is 0 Å². The van der Waals surface area contributed by atoms with Crippen LogP contribution in [0.1, 0.15) is 349 Å². The second-order valence-electron chi connectivity index (χ2n) is 28.0. The van der Waals surface area contributed by atoms with Crippen LogP contribution >= 0.6 is 15.6 Å². The molecule has 0 aromatic heterocycles. The van der Waals surface area contributed by atoms with E-state index in [0.29, 0.717) is 25.7 Å². The third-order valence-electron chi connectivity index (χ3n) is 17.6. The van der Waals surface area contributed by atoms with Crippen LogP contribution in [-0.2, 0) is 65.4 Å². The van der Waals surface area contributed by atoms with Crippen molar-refractivity contribution < 1.29 is 80.2 Å². The van der Waals surface area contributed by atoms with Crippen LogP contribution < -0.4 is 0 Å². The summed E-state index contributed by atoms with van der Waals surface area (Å²) in [6.07, 6.45) is 91.2. The van der Waals surface area contributed by atoms with Gasteiger partial charge in [0.2, 0.25) is 0 Å². The first-order chi connectivity index (χ1) is 52.7. The van der Waals surface area contributed by atoms with Crippen LogP contribution in [0.3, 0.4) is 0 Å². The number of phosphoric ester groups is 2. The molecule has 0 fully saturated rings. The van der Waals surface area contributed by atoms with Gasteiger partial charge in [0.1, 0.15) is 19.3 Å². The highest BCUT2D eigenvalue weighted by atomic mass is 31.2. The van der Waals surface area contributed by atoms with E-state index in [9.17, 15) is 43.2 Å². The molecule has 5 unspecified atom stereocenters. The number of rotatable bonds is 79. The largest absolute Gasteiger partial charge is 0.472 e. The molecule has 620 valence electrons. The maximum absolute atomic E-state index is 13.1. The van der Waals surface area contributed by atoms with Crippen molar-refractivity contribution in [3.05, 3.63) is 134 Å². The Morgan fingerprint density at radius 1 is 0.269 bits per heavy atom. The normalized spacial score (nSPS) is 14.5. The minimum atomic E-state index is -4.99. The molecule has 3 N–H and O–H groups in total. The summed E-state index contributed by atoms with van der Waals surface area (Å²) in [5.41, 5.74) is 0. The Morgan fingerprint density at radius 2 is 0.481 bits per heavy atom. The molecule has 0 aliphatic rings. The highest BCUT2D eigenvalue weighted by molar-refractivity contribution is 7.47. The molecule has 0 aromatic rings. The van der Waals surface area contributed by atoms with Gasteiger partial charge in [-0.2, -0.15) is 0 Å². The van der Waals surface area contributed by atoms with E-state index < -0.39 is 97.5 Å². The standard InChI is InChI=1S/C89H152O17P2/c1-5-9-13-17-21-25-29-33-37-39-41-43-47-49-53-57-61-65-69-73-86(91)99-79-84(105-88(93)75-71-67-63-59-55-51-45-35-31-27-23-19-15-11-7-3)81-103-107(95,96)101-77-83(90)78-102-108(97,98)104-82-85(106-89(94)76-72-68-64-60-56-52-46-36-32-28-24-20-16-12-8-4)80-100-87(92)74-70-66-62-58-54-50-48-44-42-40-38-34-30-26-22-18-14-10-6-2/h9,12-13,16,21-22,24-26,28,33-34,36-38,41-44,46,49,53,83-85,90H,5-8,10-11,14-15,17-20,23,27,29-32,35,39-40,45,47-48,50-52,54-82H2,1-4H3,(H,95,96)(H,97,98)/b13-9-,16-12-,25-21-,26-22-,28-24-,37-33-,38-34-,43-41-,44-42-,46-36-,53-49-. The van der Waals surface area contributed by atoms with Gasteiger partial charge >= 0.3 is 39.5 Å². The summed E-state index contributed by atoms with van der Waals surface area (Å²) < 4.78 is 68.8. The van der Waals surface area contributed by atoms with Crippen molar-refractivity contribution >= 4 is 39.5 Å². The lowest BCUT2D eigenvalue weighted by Gasteiger charge is -2.21. The number of carbonyl (C=O) groups is 4. The van der Waals surface area contributed by atoms with Gasteiger partial charge in [-0.3, -0.25) is 37.3 Å². The zero-order valence-electron chi connectivity index (χ0n) is 68.0. The molecule has 0 radical (unpaired) electrons. The second-order valence-corrected chi connectivity index (χ2v) is 30.9. The number of hydrogen-bond acceptors (Lipinski definition) is 15. The number of unbranched alkanes of at least 4 members (excludes halogenated alkanes) is 31. The van der Waals surface area contributed by atoms with Crippen LogP contribution in [-0.4, -0.2) is 96.7 Å². The quantitative estimate of drug-likeness (QED) is 0.0169. The van der Waals surface area contributed by atoms with Crippen LogP contribution in [0.4, 0.5) is 0 Å². The first-order valence-corrected chi connectivity index (χ1v) is 45.4. The van der Waals surface area contributed by atoms with E-state index >= 15 is 0 Å². The van der Waals surface area contributed by atoms with E-state index in [0.717, 1.165) is 186 Å². The first kappa shape index (κ1) is 103.